The molecule has 1 fully saturated rings. The van der Waals surface area contributed by atoms with Crippen molar-refractivity contribution in [3.63, 3.8) is 0 Å². The molecule has 3 rings (SSSR count). The molecule has 0 bridgehead atoms. The van der Waals surface area contributed by atoms with Crippen molar-refractivity contribution in [3.8, 4) is 0 Å². The van der Waals surface area contributed by atoms with Crippen molar-refractivity contribution in [2.75, 3.05) is 18.0 Å². The molecular formula is C11H14N4O. The van der Waals surface area contributed by atoms with Crippen molar-refractivity contribution in [2.24, 2.45) is 5.73 Å². The Balaban J connectivity index is 1.88. The fraction of sp³-hybridized carbons (Fsp3) is 0.455. The van der Waals surface area contributed by atoms with Crippen molar-refractivity contribution >= 4 is 17.2 Å². The minimum atomic E-state index is 0.318. The number of pyridine rings is 1. The van der Waals surface area contributed by atoms with Gasteiger partial charge in [-0.3, -0.25) is 0 Å². The standard InChI is InChI=1S/C11H14N4O/c12-8-3-6-15(7-4-8)11-14-10-9(16-11)2-1-5-13-10/h1-2,5,8H,3-4,6-7,12H2. The van der Waals surface area contributed by atoms with E-state index in [9.17, 15) is 0 Å². The summed E-state index contributed by atoms with van der Waals surface area (Å²) in [6.45, 7) is 1.82. The van der Waals surface area contributed by atoms with Gasteiger partial charge in [-0.25, -0.2) is 4.98 Å². The summed E-state index contributed by atoms with van der Waals surface area (Å²) >= 11 is 0. The van der Waals surface area contributed by atoms with Crippen LogP contribution in [0.1, 0.15) is 12.8 Å². The van der Waals surface area contributed by atoms with E-state index in [0.29, 0.717) is 17.7 Å². The van der Waals surface area contributed by atoms with E-state index in [-0.39, 0.29) is 0 Å². The zero-order chi connectivity index (χ0) is 11.0. The topological polar surface area (TPSA) is 68.2 Å². The Hall–Kier alpha value is -1.62. The van der Waals surface area contributed by atoms with Crippen molar-refractivity contribution in [1.29, 1.82) is 0 Å². The predicted molar refractivity (Wildman–Crippen MR) is 61.2 cm³/mol. The first-order valence-corrected chi connectivity index (χ1v) is 5.55. The highest BCUT2D eigenvalue weighted by Crippen LogP contribution is 2.22. The van der Waals surface area contributed by atoms with Crippen LogP contribution in [0.2, 0.25) is 0 Å². The number of hydrogen-bond acceptors (Lipinski definition) is 5. The maximum absolute atomic E-state index is 5.86. The lowest BCUT2D eigenvalue weighted by molar-refractivity contribution is 0.466. The van der Waals surface area contributed by atoms with Crippen molar-refractivity contribution in [2.45, 2.75) is 18.9 Å². The number of fused-ring (bicyclic) bond motifs is 1. The SMILES string of the molecule is NC1CCN(c2nc3ncccc3o2)CC1. The zero-order valence-corrected chi connectivity index (χ0v) is 8.97. The van der Waals surface area contributed by atoms with E-state index < -0.39 is 0 Å². The molecule has 5 nitrogen and oxygen atoms in total. The average Bonchev–Trinajstić information content (AvgIpc) is 2.73. The van der Waals surface area contributed by atoms with Gasteiger partial charge in [0.1, 0.15) is 0 Å². The predicted octanol–water partition coefficient (Wildman–Crippen LogP) is 1.15. The molecule has 0 unspecified atom stereocenters. The number of nitrogens with two attached hydrogens (primary N) is 1. The Morgan fingerprint density at radius 3 is 2.94 bits per heavy atom. The monoisotopic (exact) mass is 218 g/mol. The maximum Gasteiger partial charge on any atom is 0.299 e. The van der Waals surface area contributed by atoms with Gasteiger partial charge in [-0.1, -0.05) is 0 Å². The first-order chi connectivity index (χ1) is 7.83. The van der Waals surface area contributed by atoms with Gasteiger partial charge < -0.3 is 15.1 Å². The van der Waals surface area contributed by atoms with E-state index in [4.69, 9.17) is 10.2 Å². The Morgan fingerprint density at radius 1 is 1.38 bits per heavy atom. The van der Waals surface area contributed by atoms with Crippen molar-refractivity contribution < 1.29 is 4.42 Å². The van der Waals surface area contributed by atoms with Gasteiger partial charge in [0, 0.05) is 25.3 Å². The molecule has 1 aliphatic heterocycles. The van der Waals surface area contributed by atoms with Crippen LogP contribution in [-0.4, -0.2) is 29.1 Å². The summed E-state index contributed by atoms with van der Waals surface area (Å²) in [7, 11) is 0. The number of rotatable bonds is 1. The summed E-state index contributed by atoms with van der Waals surface area (Å²) < 4.78 is 5.65. The molecule has 1 saturated heterocycles. The fourth-order valence-electron chi connectivity index (χ4n) is 1.98. The molecule has 2 N–H and O–H groups in total. The molecule has 84 valence electrons. The molecule has 5 heteroatoms. The van der Waals surface area contributed by atoms with Gasteiger partial charge >= 0.3 is 0 Å². The molecule has 0 atom stereocenters. The molecule has 0 saturated carbocycles. The third-order valence-electron chi connectivity index (χ3n) is 2.96. The van der Waals surface area contributed by atoms with E-state index in [0.717, 1.165) is 31.5 Å². The van der Waals surface area contributed by atoms with Crippen LogP contribution < -0.4 is 10.6 Å². The first kappa shape index (κ1) is 9.59. The molecule has 16 heavy (non-hydrogen) atoms. The number of aromatic nitrogens is 2. The number of hydrogen-bond donors (Lipinski definition) is 1. The average molecular weight is 218 g/mol. The third-order valence-corrected chi connectivity index (χ3v) is 2.96. The zero-order valence-electron chi connectivity index (χ0n) is 8.97. The van der Waals surface area contributed by atoms with E-state index in [1.807, 2.05) is 12.1 Å². The number of piperidine rings is 1. The smallest absolute Gasteiger partial charge is 0.299 e. The number of anilines is 1. The minimum absolute atomic E-state index is 0.318. The van der Waals surface area contributed by atoms with Gasteiger partial charge in [-0.2, -0.15) is 4.98 Å². The molecule has 3 heterocycles. The van der Waals surface area contributed by atoms with E-state index >= 15 is 0 Å². The Labute approximate surface area is 93.3 Å². The van der Waals surface area contributed by atoms with Crippen LogP contribution in [-0.2, 0) is 0 Å². The molecular weight excluding hydrogens is 204 g/mol. The highest BCUT2D eigenvalue weighted by Gasteiger charge is 2.20. The fourth-order valence-corrected chi connectivity index (χ4v) is 1.98. The second-order valence-corrected chi connectivity index (χ2v) is 4.15. The molecule has 2 aromatic rings. The van der Waals surface area contributed by atoms with Crippen LogP contribution in [0.5, 0.6) is 0 Å². The number of oxazole rings is 1. The van der Waals surface area contributed by atoms with Gasteiger partial charge in [0.05, 0.1) is 0 Å². The molecule has 0 amide bonds. The third kappa shape index (κ3) is 1.63. The Bertz CT molecular complexity index is 454. The van der Waals surface area contributed by atoms with E-state index in [2.05, 4.69) is 14.9 Å². The van der Waals surface area contributed by atoms with Crippen LogP contribution >= 0.6 is 0 Å². The van der Waals surface area contributed by atoms with E-state index in [1.54, 1.807) is 6.20 Å². The molecule has 0 aliphatic carbocycles. The van der Waals surface area contributed by atoms with Gasteiger partial charge in [0.25, 0.3) is 6.01 Å². The highest BCUT2D eigenvalue weighted by molar-refractivity contribution is 5.69. The minimum Gasteiger partial charge on any atom is -0.422 e. The van der Waals surface area contributed by atoms with Crippen LogP contribution in [0.15, 0.2) is 22.7 Å². The Morgan fingerprint density at radius 2 is 2.19 bits per heavy atom. The van der Waals surface area contributed by atoms with Crippen LogP contribution in [0, 0.1) is 0 Å². The quantitative estimate of drug-likeness (QED) is 0.777. The van der Waals surface area contributed by atoms with Crippen LogP contribution in [0.4, 0.5) is 6.01 Å². The number of nitrogens with zero attached hydrogens (tertiary/aromatic N) is 3. The molecule has 1 aliphatic rings. The van der Waals surface area contributed by atoms with Crippen LogP contribution in [0.25, 0.3) is 11.2 Å². The summed E-state index contributed by atoms with van der Waals surface area (Å²) in [5, 5.41) is 0. The molecule has 2 aromatic heterocycles. The summed E-state index contributed by atoms with van der Waals surface area (Å²) in [5.41, 5.74) is 7.28. The molecule has 0 radical (unpaired) electrons. The second kappa shape index (κ2) is 3.75. The summed E-state index contributed by atoms with van der Waals surface area (Å²) in [4.78, 5) is 10.7. The largest absolute Gasteiger partial charge is 0.422 e. The summed E-state index contributed by atoms with van der Waals surface area (Å²) in [6.07, 6.45) is 3.71. The summed E-state index contributed by atoms with van der Waals surface area (Å²) in [6, 6.07) is 4.72. The van der Waals surface area contributed by atoms with Gasteiger partial charge in [0.15, 0.2) is 5.58 Å². The molecule has 0 spiro atoms. The van der Waals surface area contributed by atoms with Gasteiger partial charge in [-0.05, 0) is 25.0 Å². The van der Waals surface area contributed by atoms with Crippen molar-refractivity contribution in [1.82, 2.24) is 9.97 Å². The lowest BCUT2D eigenvalue weighted by atomic mass is 10.1. The lowest BCUT2D eigenvalue weighted by Crippen LogP contribution is -2.39. The normalized spacial score (nSPS) is 18.2. The Kier molecular flexibility index (Phi) is 2.25. The second-order valence-electron chi connectivity index (χ2n) is 4.15. The lowest BCUT2D eigenvalue weighted by Gasteiger charge is -2.28. The van der Waals surface area contributed by atoms with E-state index in [1.165, 1.54) is 0 Å². The summed E-state index contributed by atoms with van der Waals surface area (Å²) in [5.74, 6) is 0. The first-order valence-electron chi connectivity index (χ1n) is 5.55. The van der Waals surface area contributed by atoms with Gasteiger partial charge in [0.2, 0.25) is 5.65 Å². The molecule has 0 aromatic carbocycles. The van der Waals surface area contributed by atoms with Gasteiger partial charge in [-0.15, -0.1) is 0 Å². The van der Waals surface area contributed by atoms with Crippen LogP contribution in [0.3, 0.4) is 0 Å². The highest BCUT2D eigenvalue weighted by atomic mass is 16.4. The maximum atomic E-state index is 5.86. The van der Waals surface area contributed by atoms with Crippen molar-refractivity contribution in [3.05, 3.63) is 18.3 Å².